The first kappa shape index (κ1) is 30.7. The molecule has 1 aliphatic carbocycles. The van der Waals surface area contributed by atoms with Gasteiger partial charge in [-0.3, -0.25) is 4.79 Å². The number of esters is 1. The van der Waals surface area contributed by atoms with E-state index in [1.54, 1.807) is 5.57 Å². The van der Waals surface area contributed by atoms with E-state index in [1.807, 2.05) is 6.92 Å². The summed E-state index contributed by atoms with van der Waals surface area (Å²) in [4.78, 5) is 11.7. The average molecular weight is 474 g/mol. The zero-order valence-electron chi connectivity index (χ0n) is 23.8. The molecule has 0 aliphatic heterocycles. The topological polar surface area (TPSA) is 38.3 Å². The fourth-order valence-corrected chi connectivity index (χ4v) is 5.40. The van der Waals surface area contributed by atoms with Gasteiger partial charge in [-0.2, -0.15) is 0 Å². The molecule has 0 bridgehead atoms. The summed E-state index contributed by atoms with van der Waals surface area (Å²) in [5, 5.41) is 3.85. The second kappa shape index (κ2) is 16.3. The van der Waals surface area contributed by atoms with Crippen LogP contribution in [0.4, 0.5) is 0 Å². The van der Waals surface area contributed by atoms with E-state index in [-0.39, 0.29) is 5.97 Å². The van der Waals surface area contributed by atoms with Crippen LogP contribution in [-0.2, 0) is 9.53 Å². The third kappa shape index (κ3) is 11.4. The van der Waals surface area contributed by atoms with Gasteiger partial charge < -0.3 is 10.1 Å². The van der Waals surface area contributed by atoms with Crippen LogP contribution >= 0.6 is 0 Å². The SMILES string of the molecule is CC=CC(CC)=C(CC)CC(C)CC(C)NCC1CC1(C)CCC(=CCC(=O)OCC)CCC. The van der Waals surface area contributed by atoms with Gasteiger partial charge in [-0.15, -0.1) is 0 Å². The van der Waals surface area contributed by atoms with Crippen molar-refractivity contribution in [3.63, 3.8) is 0 Å². The summed E-state index contributed by atoms with van der Waals surface area (Å²) in [6.45, 7) is 19.6. The molecule has 0 spiro atoms. The van der Waals surface area contributed by atoms with Gasteiger partial charge in [0.25, 0.3) is 0 Å². The average Bonchev–Trinajstić information content (AvgIpc) is 3.46. The Hall–Kier alpha value is -1.35. The van der Waals surface area contributed by atoms with Crippen LogP contribution in [0.1, 0.15) is 120 Å². The third-order valence-electron chi connectivity index (χ3n) is 7.68. The van der Waals surface area contributed by atoms with Crippen molar-refractivity contribution in [2.75, 3.05) is 13.2 Å². The molecule has 1 N–H and O–H groups in total. The van der Waals surface area contributed by atoms with Gasteiger partial charge in [0.1, 0.15) is 0 Å². The van der Waals surface area contributed by atoms with Crippen LogP contribution in [-0.4, -0.2) is 25.2 Å². The minimum Gasteiger partial charge on any atom is -0.466 e. The molecule has 196 valence electrons. The molecule has 1 rings (SSSR count). The Morgan fingerprint density at radius 3 is 2.47 bits per heavy atom. The van der Waals surface area contributed by atoms with Gasteiger partial charge in [0.15, 0.2) is 0 Å². The molecule has 0 aromatic carbocycles. The van der Waals surface area contributed by atoms with E-state index in [0.29, 0.717) is 30.4 Å². The van der Waals surface area contributed by atoms with E-state index in [1.165, 1.54) is 36.8 Å². The first-order valence-corrected chi connectivity index (χ1v) is 14.1. The lowest BCUT2D eigenvalue weighted by Gasteiger charge is -2.21. The van der Waals surface area contributed by atoms with E-state index in [2.05, 4.69) is 72.0 Å². The standard InChI is InChI=1S/C31H55NO2/c1-9-14-26(16-17-30(33)34-13-5)18-19-31(8)22-29(31)23-32-25(7)20-24(6)21-28(12-4)27(11-3)15-10-2/h10,15-16,24-25,29,32H,9,11-14,17-23H2,1-8H3. The van der Waals surface area contributed by atoms with Crippen LogP contribution in [0.3, 0.4) is 0 Å². The van der Waals surface area contributed by atoms with Crippen LogP contribution in [0.5, 0.6) is 0 Å². The Kier molecular flexibility index (Phi) is 14.7. The van der Waals surface area contributed by atoms with Crippen LogP contribution in [0.25, 0.3) is 0 Å². The molecule has 0 amide bonds. The van der Waals surface area contributed by atoms with Gasteiger partial charge in [-0.25, -0.2) is 0 Å². The molecule has 0 aromatic heterocycles. The molecule has 3 nitrogen and oxygen atoms in total. The second-order valence-electron chi connectivity index (χ2n) is 10.9. The van der Waals surface area contributed by atoms with E-state index in [0.717, 1.165) is 44.6 Å². The van der Waals surface area contributed by atoms with E-state index in [4.69, 9.17) is 4.74 Å². The summed E-state index contributed by atoms with van der Waals surface area (Å²) in [5.74, 6) is 1.38. The summed E-state index contributed by atoms with van der Waals surface area (Å²) in [5.41, 5.74) is 5.05. The zero-order chi connectivity index (χ0) is 25.6. The molecule has 0 radical (unpaired) electrons. The molecule has 1 saturated carbocycles. The Morgan fingerprint density at radius 2 is 1.88 bits per heavy atom. The highest BCUT2D eigenvalue weighted by molar-refractivity contribution is 5.71. The predicted molar refractivity (Wildman–Crippen MR) is 148 cm³/mol. The summed E-state index contributed by atoms with van der Waals surface area (Å²) >= 11 is 0. The molecule has 34 heavy (non-hydrogen) atoms. The maximum atomic E-state index is 11.7. The highest BCUT2D eigenvalue weighted by Gasteiger charge is 2.48. The Labute approximate surface area is 211 Å². The van der Waals surface area contributed by atoms with Crippen molar-refractivity contribution in [2.45, 2.75) is 126 Å². The molecule has 1 aliphatic rings. The number of ether oxygens (including phenoxy) is 1. The van der Waals surface area contributed by atoms with Crippen molar-refractivity contribution in [1.29, 1.82) is 0 Å². The first-order chi connectivity index (χ1) is 16.2. The van der Waals surface area contributed by atoms with Gasteiger partial charge in [0.05, 0.1) is 13.0 Å². The van der Waals surface area contributed by atoms with E-state index < -0.39 is 0 Å². The van der Waals surface area contributed by atoms with Crippen molar-refractivity contribution in [3.8, 4) is 0 Å². The Morgan fingerprint density at radius 1 is 1.15 bits per heavy atom. The van der Waals surface area contributed by atoms with Gasteiger partial charge in [0, 0.05) is 6.04 Å². The molecular weight excluding hydrogens is 418 g/mol. The fourth-order valence-electron chi connectivity index (χ4n) is 5.40. The van der Waals surface area contributed by atoms with Crippen LogP contribution < -0.4 is 5.32 Å². The van der Waals surface area contributed by atoms with Crippen molar-refractivity contribution < 1.29 is 9.53 Å². The summed E-state index contributed by atoms with van der Waals surface area (Å²) < 4.78 is 5.09. The number of hydrogen-bond donors (Lipinski definition) is 1. The van der Waals surface area contributed by atoms with Crippen molar-refractivity contribution in [3.05, 3.63) is 34.9 Å². The predicted octanol–water partition coefficient (Wildman–Crippen LogP) is 8.56. The normalized spacial score (nSPS) is 23.1. The lowest BCUT2D eigenvalue weighted by atomic mass is 9.90. The van der Waals surface area contributed by atoms with Crippen molar-refractivity contribution >= 4 is 5.97 Å². The first-order valence-electron chi connectivity index (χ1n) is 14.1. The molecule has 1 fully saturated rings. The fraction of sp³-hybridized carbons (Fsp3) is 0.774. The number of rotatable bonds is 18. The quantitative estimate of drug-likeness (QED) is 0.123. The summed E-state index contributed by atoms with van der Waals surface area (Å²) in [6, 6.07) is 0.560. The van der Waals surface area contributed by atoms with Crippen molar-refractivity contribution in [2.24, 2.45) is 17.3 Å². The third-order valence-corrected chi connectivity index (χ3v) is 7.68. The number of nitrogens with one attached hydrogen (secondary N) is 1. The van der Waals surface area contributed by atoms with Gasteiger partial charge >= 0.3 is 5.97 Å². The minimum absolute atomic E-state index is 0.103. The Balaban J connectivity index is 2.45. The zero-order valence-corrected chi connectivity index (χ0v) is 23.8. The largest absolute Gasteiger partial charge is 0.466 e. The van der Waals surface area contributed by atoms with E-state index in [9.17, 15) is 4.79 Å². The van der Waals surface area contributed by atoms with Gasteiger partial charge in [-0.05, 0) is 102 Å². The van der Waals surface area contributed by atoms with Gasteiger partial charge in [-0.1, -0.05) is 70.4 Å². The maximum absolute atomic E-state index is 11.7. The van der Waals surface area contributed by atoms with Gasteiger partial charge in [0.2, 0.25) is 0 Å². The lowest BCUT2D eigenvalue weighted by molar-refractivity contribution is -0.142. The smallest absolute Gasteiger partial charge is 0.309 e. The lowest BCUT2D eigenvalue weighted by Crippen LogP contribution is -2.30. The highest BCUT2D eigenvalue weighted by atomic mass is 16.5. The number of carbonyl (C=O) groups is 1. The molecule has 4 atom stereocenters. The molecule has 0 heterocycles. The summed E-state index contributed by atoms with van der Waals surface area (Å²) in [7, 11) is 0. The Bertz CT molecular complexity index is 690. The van der Waals surface area contributed by atoms with Crippen LogP contribution in [0.2, 0.25) is 0 Å². The monoisotopic (exact) mass is 473 g/mol. The molecule has 3 heteroatoms. The molecule has 0 aromatic rings. The molecular formula is C31H55NO2. The van der Waals surface area contributed by atoms with E-state index >= 15 is 0 Å². The highest BCUT2D eigenvalue weighted by Crippen LogP contribution is 2.55. The number of carbonyl (C=O) groups excluding carboxylic acids is 1. The van der Waals surface area contributed by atoms with Crippen molar-refractivity contribution in [1.82, 2.24) is 5.32 Å². The number of hydrogen-bond acceptors (Lipinski definition) is 3. The summed E-state index contributed by atoms with van der Waals surface area (Å²) in [6.07, 6.45) is 17.7. The maximum Gasteiger partial charge on any atom is 0.309 e. The molecule has 4 unspecified atom stereocenters. The van der Waals surface area contributed by atoms with Crippen LogP contribution in [0, 0.1) is 17.3 Å². The molecule has 0 saturated heterocycles. The van der Waals surface area contributed by atoms with Crippen LogP contribution in [0.15, 0.2) is 34.9 Å². The number of allylic oxidation sites excluding steroid dienone is 5. The second-order valence-corrected chi connectivity index (χ2v) is 10.9. The minimum atomic E-state index is -0.103.